The molecule has 160 valence electrons. The topological polar surface area (TPSA) is 83.5 Å². The summed E-state index contributed by atoms with van der Waals surface area (Å²) in [5.41, 5.74) is 2.54. The lowest BCUT2D eigenvalue weighted by Crippen LogP contribution is -2.50. The molecule has 1 aliphatic heterocycles. The second-order valence-electron chi connectivity index (χ2n) is 7.39. The number of aryl methyl sites for hydroxylation is 2. The summed E-state index contributed by atoms with van der Waals surface area (Å²) in [5.74, 6) is -0.302. The summed E-state index contributed by atoms with van der Waals surface area (Å²) >= 11 is 7.45. The van der Waals surface area contributed by atoms with Crippen LogP contribution in [0.4, 0.5) is 0 Å². The van der Waals surface area contributed by atoms with E-state index in [4.69, 9.17) is 11.6 Å². The van der Waals surface area contributed by atoms with Gasteiger partial charge in [0.25, 0.3) is 5.91 Å². The van der Waals surface area contributed by atoms with Gasteiger partial charge in [0.15, 0.2) is 10.9 Å². The van der Waals surface area contributed by atoms with Crippen molar-refractivity contribution in [1.82, 2.24) is 19.2 Å². The maximum Gasteiger partial charge on any atom is 0.274 e. The molecule has 2 heterocycles. The minimum atomic E-state index is -3.59. The molecule has 1 saturated heterocycles. The predicted octanol–water partition coefficient (Wildman–Crippen LogP) is 2.88. The second-order valence-corrected chi connectivity index (χ2v) is 10.5. The summed E-state index contributed by atoms with van der Waals surface area (Å²) < 4.78 is 27.7. The normalized spacial score (nSPS) is 17.6. The van der Waals surface area contributed by atoms with Gasteiger partial charge in [0.1, 0.15) is 0 Å². The number of nitrogens with zero attached hydrogens (tertiary/aromatic N) is 4. The number of amides is 1. The fourth-order valence-corrected chi connectivity index (χ4v) is 5.89. The third kappa shape index (κ3) is 4.21. The van der Waals surface area contributed by atoms with Crippen LogP contribution in [-0.4, -0.2) is 65.9 Å². The second kappa shape index (κ2) is 8.82. The Morgan fingerprint density at radius 2 is 1.80 bits per heavy atom. The number of sulfonamides is 1. The Morgan fingerprint density at radius 3 is 2.50 bits per heavy atom. The average Bonchev–Trinajstić information content (AvgIpc) is 2.78. The number of fused-ring (bicyclic) bond motifs is 1. The summed E-state index contributed by atoms with van der Waals surface area (Å²) in [6.07, 6.45) is 7.44. The van der Waals surface area contributed by atoms with Gasteiger partial charge in [0.05, 0.1) is 16.1 Å². The van der Waals surface area contributed by atoms with Gasteiger partial charge in [0, 0.05) is 26.2 Å². The molecule has 1 aromatic carbocycles. The Balaban J connectivity index is 1.47. The number of halogens is 1. The van der Waals surface area contributed by atoms with Crippen LogP contribution in [0.3, 0.4) is 0 Å². The van der Waals surface area contributed by atoms with E-state index in [1.807, 2.05) is 18.4 Å². The number of thioether (sulfide) groups is 1. The van der Waals surface area contributed by atoms with Gasteiger partial charge in [0.2, 0.25) is 10.0 Å². The van der Waals surface area contributed by atoms with Gasteiger partial charge in [-0.05, 0) is 55.2 Å². The van der Waals surface area contributed by atoms with Crippen LogP contribution in [0, 0.1) is 0 Å². The minimum absolute atomic E-state index is 0.155. The quantitative estimate of drug-likeness (QED) is 0.509. The van der Waals surface area contributed by atoms with Gasteiger partial charge >= 0.3 is 0 Å². The fraction of sp³-hybridized carbons (Fsp3) is 0.450. The van der Waals surface area contributed by atoms with E-state index in [1.165, 1.54) is 27.8 Å². The molecule has 2 aliphatic rings. The third-order valence-electron chi connectivity index (χ3n) is 5.59. The standard InChI is InChI=1S/C20H23ClN4O3S2/c1-29-20-22-13-17(21)18(23-20)19(26)24-8-10-25(11-9-24)30(27,28)16-7-6-14-4-2-3-5-15(14)12-16/h6-7,12-13H,2-5,8-11H2,1H3. The van der Waals surface area contributed by atoms with E-state index in [2.05, 4.69) is 9.97 Å². The molecule has 1 aromatic heterocycles. The lowest BCUT2D eigenvalue weighted by molar-refractivity contribution is 0.0691. The largest absolute Gasteiger partial charge is 0.335 e. The summed E-state index contributed by atoms with van der Waals surface area (Å²) in [7, 11) is -3.59. The van der Waals surface area contributed by atoms with Gasteiger partial charge in [-0.15, -0.1) is 0 Å². The lowest BCUT2D eigenvalue weighted by Gasteiger charge is -2.34. The van der Waals surface area contributed by atoms with Crippen molar-refractivity contribution < 1.29 is 13.2 Å². The molecule has 1 amide bonds. The molecule has 30 heavy (non-hydrogen) atoms. The Morgan fingerprint density at radius 1 is 1.10 bits per heavy atom. The van der Waals surface area contributed by atoms with Gasteiger partial charge < -0.3 is 4.90 Å². The lowest BCUT2D eigenvalue weighted by atomic mass is 9.92. The highest BCUT2D eigenvalue weighted by Crippen LogP contribution is 2.26. The number of benzene rings is 1. The monoisotopic (exact) mass is 466 g/mol. The van der Waals surface area contributed by atoms with Crippen LogP contribution in [0.1, 0.15) is 34.5 Å². The van der Waals surface area contributed by atoms with Crippen LogP contribution in [0.15, 0.2) is 34.4 Å². The van der Waals surface area contributed by atoms with Crippen LogP contribution in [0.5, 0.6) is 0 Å². The van der Waals surface area contributed by atoms with Crippen LogP contribution >= 0.6 is 23.4 Å². The van der Waals surface area contributed by atoms with Crippen LogP contribution in [-0.2, 0) is 22.9 Å². The summed E-state index contributed by atoms with van der Waals surface area (Å²) in [6, 6.07) is 5.48. The van der Waals surface area contributed by atoms with Gasteiger partial charge in [-0.2, -0.15) is 4.31 Å². The van der Waals surface area contributed by atoms with Crippen molar-refractivity contribution in [3.8, 4) is 0 Å². The van der Waals surface area contributed by atoms with E-state index in [0.717, 1.165) is 31.2 Å². The molecule has 7 nitrogen and oxygen atoms in total. The van der Waals surface area contributed by atoms with Crippen LogP contribution in [0.2, 0.25) is 5.02 Å². The van der Waals surface area contributed by atoms with Crippen molar-refractivity contribution in [3.63, 3.8) is 0 Å². The molecule has 0 bridgehead atoms. The summed E-state index contributed by atoms with van der Waals surface area (Å²) in [4.78, 5) is 23.1. The Bertz CT molecular complexity index is 1070. The number of rotatable bonds is 4. The molecule has 0 radical (unpaired) electrons. The zero-order valence-electron chi connectivity index (χ0n) is 16.7. The van der Waals surface area contributed by atoms with E-state index < -0.39 is 10.0 Å². The summed E-state index contributed by atoms with van der Waals surface area (Å²) in [5, 5.41) is 0.665. The first-order valence-electron chi connectivity index (χ1n) is 9.88. The maximum absolute atomic E-state index is 13.1. The Labute approximate surface area is 185 Å². The molecule has 0 saturated carbocycles. The SMILES string of the molecule is CSc1ncc(Cl)c(C(=O)N2CCN(S(=O)(=O)c3ccc4c(c3)CCCC4)CC2)n1. The third-order valence-corrected chi connectivity index (χ3v) is 8.32. The van der Waals surface area contributed by atoms with Crippen LogP contribution in [0.25, 0.3) is 0 Å². The van der Waals surface area contributed by atoms with Crippen molar-refractivity contribution in [2.75, 3.05) is 32.4 Å². The Kier molecular flexibility index (Phi) is 6.34. The first-order valence-corrected chi connectivity index (χ1v) is 12.9. The van der Waals surface area contributed by atoms with E-state index in [-0.39, 0.29) is 42.8 Å². The smallest absolute Gasteiger partial charge is 0.274 e. The molecular formula is C20H23ClN4O3S2. The number of hydrogen-bond donors (Lipinski definition) is 0. The van der Waals surface area contributed by atoms with E-state index in [0.29, 0.717) is 10.1 Å². The van der Waals surface area contributed by atoms with Gasteiger partial charge in [-0.25, -0.2) is 18.4 Å². The molecule has 0 atom stereocenters. The van der Waals surface area contributed by atoms with E-state index >= 15 is 0 Å². The number of hydrogen-bond acceptors (Lipinski definition) is 6. The first-order chi connectivity index (χ1) is 14.4. The molecule has 1 fully saturated rings. The zero-order chi connectivity index (χ0) is 21.3. The minimum Gasteiger partial charge on any atom is -0.335 e. The van der Waals surface area contributed by atoms with Gasteiger partial charge in [-0.1, -0.05) is 29.4 Å². The van der Waals surface area contributed by atoms with Crippen molar-refractivity contribution in [3.05, 3.63) is 46.2 Å². The molecular weight excluding hydrogens is 444 g/mol. The molecule has 0 spiro atoms. The highest BCUT2D eigenvalue weighted by Gasteiger charge is 2.32. The van der Waals surface area contributed by atoms with Crippen molar-refractivity contribution in [1.29, 1.82) is 0 Å². The predicted molar refractivity (Wildman–Crippen MR) is 117 cm³/mol. The van der Waals surface area contributed by atoms with Crippen molar-refractivity contribution >= 4 is 39.3 Å². The molecule has 1 aliphatic carbocycles. The van der Waals surface area contributed by atoms with Crippen molar-refractivity contribution in [2.24, 2.45) is 0 Å². The molecule has 0 N–H and O–H groups in total. The molecule has 0 unspecified atom stereocenters. The average molecular weight is 467 g/mol. The molecule has 4 rings (SSSR count). The fourth-order valence-electron chi connectivity index (χ4n) is 3.90. The van der Waals surface area contributed by atoms with E-state index in [9.17, 15) is 13.2 Å². The van der Waals surface area contributed by atoms with Crippen molar-refractivity contribution in [2.45, 2.75) is 35.7 Å². The van der Waals surface area contributed by atoms with Crippen LogP contribution < -0.4 is 0 Å². The highest BCUT2D eigenvalue weighted by atomic mass is 35.5. The number of carbonyl (C=O) groups is 1. The highest BCUT2D eigenvalue weighted by molar-refractivity contribution is 7.98. The number of aromatic nitrogens is 2. The van der Waals surface area contributed by atoms with Gasteiger partial charge in [-0.3, -0.25) is 4.79 Å². The maximum atomic E-state index is 13.1. The number of piperazine rings is 1. The first kappa shape index (κ1) is 21.5. The van der Waals surface area contributed by atoms with E-state index in [1.54, 1.807) is 11.0 Å². The Hall–Kier alpha value is -1.68. The molecule has 2 aromatic rings. The number of carbonyl (C=O) groups excluding carboxylic acids is 1. The molecule has 10 heteroatoms. The zero-order valence-corrected chi connectivity index (χ0v) is 19.1. The summed E-state index contributed by atoms with van der Waals surface area (Å²) in [6.45, 7) is 1.06.